The monoisotopic (exact) mass is 279 g/mol. The average molecular weight is 279 g/mol. The predicted octanol–water partition coefficient (Wildman–Crippen LogP) is 1.05. The molecule has 0 spiro atoms. The fourth-order valence-corrected chi connectivity index (χ4v) is 2.63. The van der Waals surface area contributed by atoms with Crippen molar-refractivity contribution in [3.05, 3.63) is 17.8 Å². The van der Waals surface area contributed by atoms with E-state index >= 15 is 0 Å². The molecule has 1 saturated heterocycles. The second-order valence-electron chi connectivity index (χ2n) is 5.03. The summed E-state index contributed by atoms with van der Waals surface area (Å²) in [6.07, 6.45) is 2.52. The van der Waals surface area contributed by atoms with Gasteiger partial charge in [0.2, 0.25) is 0 Å². The van der Waals surface area contributed by atoms with Crippen LogP contribution < -0.4 is 10.6 Å². The van der Waals surface area contributed by atoms with E-state index in [0.717, 1.165) is 13.0 Å². The predicted molar refractivity (Wildman–Crippen MR) is 76.6 cm³/mol. The summed E-state index contributed by atoms with van der Waals surface area (Å²) in [4.78, 5) is 18.1. The van der Waals surface area contributed by atoms with Crippen LogP contribution in [0.15, 0.2) is 12.3 Å². The smallest absolute Gasteiger partial charge is 0.340 e. The van der Waals surface area contributed by atoms with E-state index in [2.05, 4.69) is 11.9 Å². The van der Waals surface area contributed by atoms with Gasteiger partial charge in [-0.2, -0.15) is 0 Å². The standard InChI is InChI=1S/C14H21N3O3/c1-3-20-14(19)10-4-6-16-13(12(10)15)17-7-5-9(2)11(17)8-18/h4,6,9,11,18H,3,5,7-8,15H2,1-2H3. The Balaban J connectivity index is 2.33. The van der Waals surface area contributed by atoms with E-state index in [4.69, 9.17) is 10.5 Å². The van der Waals surface area contributed by atoms with E-state index < -0.39 is 5.97 Å². The van der Waals surface area contributed by atoms with Crippen molar-refractivity contribution in [1.29, 1.82) is 0 Å². The van der Waals surface area contributed by atoms with Crippen molar-refractivity contribution in [2.24, 2.45) is 5.92 Å². The summed E-state index contributed by atoms with van der Waals surface area (Å²) in [7, 11) is 0. The molecule has 0 aliphatic carbocycles. The summed E-state index contributed by atoms with van der Waals surface area (Å²) in [6.45, 7) is 4.96. The lowest BCUT2D eigenvalue weighted by molar-refractivity contribution is 0.0527. The Labute approximate surface area is 118 Å². The molecule has 0 bridgehead atoms. The first-order valence-corrected chi connectivity index (χ1v) is 6.89. The maximum atomic E-state index is 11.9. The van der Waals surface area contributed by atoms with E-state index in [1.165, 1.54) is 0 Å². The molecule has 110 valence electrons. The molecule has 6 heteroatoms. The Kier molecular flexibility index (Phi) is 4.44. The normalized spacial score (nSPS) is 22.1. The van der Waals surface area contributed by atoms with Gasteiger partial charge in [0.25, 0.3) is 0 Å². The molecule has 2 rings (SSSR count). The fourth-order valence-electron chi connectivity index (χ4n) is 2.63. The molecule has 2 heterocycles. The minimum atomic E-state index is -0.443. The fraction of sp³-hybridized carbons (Fsp3) is 0.571. The number of pyridine rings is 1. The minimum absolute atomic E-state index is 0.0118. The van der Waals surface area contributed by atoms with Crippen LogP contribution in [0.1, 0.15) is 30.6 Å². The van der Waals surface area contributed by atoms with Gasteiger partial charge in [0.1, 0.15) is 0 Å². The van der Waals surface area contributed by atoms with Crippen LogP contribution in [-0.2, 0) is 4.74 Å². The van der Waals surface area contributed by atoms with E-state index in [0.29, 0.717) is 29.6 Å². The molecule has 2 unspecified atom stereocenters. The van der Waals surface area contributed by atoms with Crippen molar-refractivity contribution in [2.45, 2.75) is 26.3 Å². The third kappa shape index (κ3) is 2.56. The van der Waals surface area contributed by atoms with Gasteiger partial charge in [-0.15, -0.1) is 0 Å². The second-order valence-corrected chi connectivity index (χ2v) is 5.03. The number of anilines is 2. The topological polar surface area (TPSA) is 88.7 Å². The molecule has 0 radical (unpaired) electrons. The maximum absolute atomic E-state index is 11.9. The Morgan fingerprint density at radius 2 is 2.40 bits per heavy atom. The van der Waals surface area contributed by atoms with Crippen LogP contribution in [0.2, 0.25) is 0 Å². The summed E-state index contributed by atoms with van der Waals surface area (Å²) < 4.78 is 4.99. The molecule has 1 aromatic heterocycles. The van der Waals surface area contributed by atoms with Crippen LogP contribution in [0.5, 0.6) is 0 Å². The molecule has 0 aromatic carbocycles. The number of esters is 1. The lowest BCUT2D eigenvalue weighted by Gasteiger charge is -2.27. The zero-order valence-electron chi connectivity index (χ0n) is 11.9. The molecule has 1 fully saturated rings. The highest BCUT2D eigenvalue weighted by molar-refractivity contribution is 5.97. The highest BCUT2D eigenvalue weighted by atomic mass is 16.5. The quantitative estimate of drug-likeness (QED) is 0.801. The van der Waals surface area contributed by atoms with E-state index in [9.17, 15) is 9.90 Å². The number of carbonyl (C=O) groups is 1. The molecule has 1 aliphatic heterocycles. The van der Waals surface area contributed by atoms with E-state index in [1.54, 1.807) is 19.2 Å². The van der Waals surface area contributed by atoms with Gasteiger partial charge < -0.3 is 20.5 Å². The third-order valence-corrected chi connectivity index (χ3v) is 3.81. The number of hydrogen-bond donors (Lipinski definition) is 2. The minimum Gasteiger partial charge on any atom is -0.462 e. The van der Waals surface area contributed by atoms with Gasteiger partial charge in [0, 0.05) is 12.7 Å². The number of rotatable bonds is 4. The Bertz CT molecular complexity index is 493. The van der Waals surface area contributed by atoms with Crippen molar-refractivity contribution in [3.63, 3.8) is 0 Å². The first-order chi connectivity index (χ1) is 9.60. The second kappa shape index (κ2) is 6.09. The molecule has 1 aromatic rings. The van der Waals surface area contributed by atoms with Gasteiger partial charge in [0.15, 0.2) is 5.82 Å². The van der Waals surface area contributed by atoms with Crippen LogP contribution >= 0.6 is 0 Å². The number of aliphatic hydroxyl groups is 1. The summed E-state index contributed by atoms with van der Waals surface area (Å²) in [5, 5.41) is 9.52. The zero-order valence-corrected chi connectivity index (χ0v) is 11.9. The van der Waals surface area contributed by atoms with Crippen molar-refractivity contribution in [2.75, 3.05) is 30.4 Å². The number of hydrogen-bond acceptors (Lipinski definition) is 6. The summed E-state index contributed by atoms with van der Waals surface area (Å²) >= 11 is 0. The largest absolute Gasteiger partial charge is 0.462 e. The number of nitrogens with two attached hydrogens (primary N) is 1. The molecule has 2 atom stereocenters. The highest BCUT2D eigenvalue weighted by Crippen LogP contribution is 2.33. The van der Waals surface area contributed by atoms with E-state index in [1.807, 2.05) is 4.90 Å². The van der Waals surface area contributed by atoms with Gasteiger partial charge in [-0.05, 0) is 25.3 Å². The van der Waals surface area contributed by atoms with Crippen LogP contribution in [0, 0.1) is 5.92 Å². The Morgan fingerprint density at radius 1 is 1.65 bits per heavy atom. The number of aromatic nitrogens is 1. The maximum Gasteiger partial charge on any atom is 0.340 e. The lowest BCUT2D eigenvalue weighted by Crippen LogP contribution is -2.36. The third-order valence-electron chi connectivity index (χ3n) is 3.81. The van der Waals surface area contributed by atoms with Crippen LogP contribution in [0.3, 0.4) is 0 Å². The molecular weight excluding hydrogens is 258 g/mol. The zero-order chi connectivity index (χ0) is 14.7. The van der Waals surface area contributed by atoms with Gasteiger partial charge in [-0.25, -0.2) is 9.78 Å². The number of ether oxygens (including phenoxy) is 1. The van der Waals surface area contributed by atoms with Gasteiger partial charge in [0.05, 0.1) is 30.5 Å². The van der Waals surface area contributed by atoms with Crippen molar-refractivity contribution < 1.29 is 14.6 Å². The average Bonchev–Trinajstić information content (AvgIpc) is 2.80. The molecular formula is C14H21N3O3. The summed E-state index contributed by atoms with van der Waals surface area (Å²) in [5.74, 6) is 0.479. The molecule has 0 saturated carbocycles. The molecule has 6 nitrogen and oxygen atoms in total. The van der Waals surface area contributed by atoms with Gasteiger partial charge >= 0.3 is 5.97 Å². The van der Waals surface area contributed by atoms with Crippen LogP contribution in [0.4, 0.5) is 11.5 Å². The van der Waals surface area contributed by atoms with Crippen LogP contribution in [0.25, 0.3) is 0 Å². The van der Waals surface area contributed by atoms with Crippen molar-refractivity contribution in [3.8, 4) is 0 Å². The van der Waals surface area contributed by atoms with Crippen molar-refractivity contribution >= 4 is 17.5 Å². The number of nitrogen functional groups attached to an aromatic ring is 1. The SMILES string of the molecule is CCOC(=O)c1ccnc(N2CCC(C)C2CO)c1N. The van der Waals surface area contributed by atoms with Gasteiger partial charge in [-0.1, -0.05) is 6.92 Å². The first-order valence-electron chi connectivity index (χ1n) is 6.89. The molecule has 3 N–H and O–H groups in total. The lowest BCUT2D eigenvalue weighted by atomic mass is 10.0. The van der Waals surface area contributed by atoms with Crippen molar-refractivity contribution in [1.82, 2.24) is 4.98 Å². The first kappa shape index (κ1) is 14.6. The molecule has 1 aliphatic rings. The van der Waals surface area contributed by atoms with Crippen LogP contribution in [-0.4, -0.2) is 41.9 Å². The summed E-state index contributed by atoms with van der Waals surface area (Å²) in [6, 6.07) is 1.55. The summed E-state index contributed by atoms with van der Waals surface area (Å²) in [5.41, 5.74) is 6.72. The number of carbonyl (C=O) groups excluding carboxylic acids is 1. The Hall–Kier alpha value is -1.82. The number of nitrogens with zero attached hydrogens (tertiary/aromatic N) is 2. The van der Waals surface area contributed by atoms with E-state index in [-0.39, 0.29) is 12.6 Å². The van der Waals surface area contributed by atoms with Gasteiger partial charge in [-0.3, -0.25) is 0 Å². The number of aliphatic hydroxyl groups excluding tert-OH is 1. The highest BCUT2D eigenvalue weighted by Gasteiger charge is 2.33. The Morgan fingerprint density at radius 3 is 3.05 bits per heavy atom. The molecule has 0 amide bonds. The molecule has 20 heavy (non-hydrogen) atoms.